The summed E-state index contributed by atoms with van der Waals surface area (Å²) in [4.78, 5) is 0. The molecule has 0 bridgehead atoms. The van der Waals surface area contributed by atoms with Crippen LogP contribution in [0, 0.1) is 0 Å². The van der Waals surface area contributed by atoms with E-state index in [1.165, 1.54) is 0 Å². The van der Waals surface area contributed by atoms with E-state index in [0.717, 1.165) is 10.0 Å². The van der Waals surface area contributed by atoms with E-state index < -0.39 is 6.10 Å². The van der Waals surface area contributed by atoms with E-state index in [2.05, 4.69) is 15.9 Å². The van der Waals surface area contributed by atoms with Crippen molar-refractivity contribution < 1.29 is 5.11 Å². The molecule has 0 heterocycles. The number of rotatable bonds is 2. The van der Waals surface area contributed by atoms with Crippen LogP contribution < -0.4 is 0 Å². The van der Waals surface area contributed by atoms with Gasteiger partial charge in [0.15, 0.2) is 0 Å². The zero-order valence-corrected chi connectivity index (χ0v) is 11.8. The van der Waals surface area contributed by atoms with Crippen molar-refractivity contribution in [2.45, 2.75) is 6.10 Å². The van der Waals surface area contributed by atoms with Crippen LogP contribution in [-0.4, -0.2) is 5.11 Å². The third-order valence-electron chi connectivity index (χ3n) is 2.46. The number of benzene rings is 2. The second kappa shape index (κ2) is 5.40. The lowest BCUT2D eigenvalue weighted by atomic mass is 10.0. The first-order chi connectivity index (χ1) is 8.09. The number of halogens is 3. The van der Waals surface area contributed by atoms with Gasteiger partial charge in [0.25, 0.3) is 0 Å². The first-order valence-electron chi connectivity index (χ1n) is 4.97. The highest BCUT2D eigenvalue weighted by Gasteiger charge is 2.16. The van der Waals surface area contributed by atoms with E-state index in [9.17, 15) is 5.11 Å². The van der Waals surface area contributed by atoms with Crippen LogP contribution in [0.4, 0.5) is 0 Å². The summed E-state index contributed by atoms with van der Waals surface area (Å²) in [6.07, 6.45) is -0.815. The van der Waals surface area contributed by atoms with E-state index in [0.29, 0.717) is 15.6 Å². The van der Waals surface area contributed by atoms with E-state index in [-0.39, 0.29) is 0 Å². The lowest BCUT2D eigenvalue weighted by molar-refractivity contribution is 0.220. The van der Waals surface area contributed by atoms with Gasteiger partial charge in [-0.2, -0.15) is 0 Å². The van der Waals surface area contributed by atoms with Crippen molar-refractivity contribution >= 4 is 39.1 Å². The van der Waals surface area contributed by atoms with Gasteiger partial charge in [0.05, 0.1) is 0 Å². The fourth-order valence-corrected chi connectivity index (χ4v) is 2.45. The number of aliphatic hydroxyl groups excluding tert-OH is 1. The minimum absolute atomic E-state index is 0.466. The molecule has 0 spiro atoms. The second-order valence-corrected chi connectivity index (χ2v) is 5.32. The van der Waals surface area contributed by atoms with E-state index in [1.54, 1.807) is 18.2 Å². The molecule has 0 aromatic heterocycles. The molecule has 0 saturated carbocycles. The molecule has 1 N–H and O–H groups in total. The molecule has 0 amide bonds. The van der Waals surface area contributed by atoms with Crippen molar-refractivity contribution in [1.29, 1.82) is 0 Å². The first kappa shape index (κ1) is 12.9. The van der Waals surface area contributed by atoms with Gasteiger partial charge in [-0.25, -0.2) is 0 Å². The minimum atomic E-state index is -0.815. The average molecular weight is 332 g/mol. The van der Waals surface area contributed by atoms with Gasteiger partial charge in [0.1, 0.15) is 6.10 Å². The molecular weight excluding hydrogens is 323 g/mol. The smallest absolute Gasteiger partial charge is 0.107 e. The predicted molar refractivity (Wildman–Crippen MR) is 74.7 cm³/mol. The molecule has 1 nitrogen and oxygen atoms in total. The SMILES string of the molecule is OC(c1ccc(Br)cc1)c1c(Cl)cccc1Cl. The van der Waals surface area contributed by atoms with Gasteiger partial charge < -0.3 is 5.11 Å². The maximum atomic E-state index is 10.3. The van der Waals surface area contributed by atoms with Gasteiger partial charge in [-0.3, -0.25) is 0 Å². The van der Waals surface area contributed by atoms with Crippen LogP contribution in [0.3, 0.4) is 0 Å². The molecule has 4 heteroatoms. The molecule has 17 heavy (non-hydrogen) atoms. The third-order valence-corrected chi connectivity index (χ3v) is 3.65. The van der Waals surface area contributed by atoms with Crippen molar-refractivity contribution in [3.05, 3.63) is 68.1 Å². The molecule has 0 radical (unpaired) electrons. The molecule has 1 unspecified atom stereocenters. The average Bonchev–Trinajstić information content (AvgIpc) is 2.29. The van der Waals surface area contributed by atoms with Gasteiger partial charge in [0.2, 0.25) is 0 Å². The standard InChI is InChI=1S/C13H9BrCl2O/c14-9-6-4-8(5-7-9)13(17)12-10(15)2-1-3-11(12)16/h1-7,13,17H. The Balaban J connectivity index is 2.43. The van der Waals surface area contributed by atoms with Crippen molar-refractivity contribution in [3.8, 4) is 0 Å². The van der Waals surface area contributed by atoms with Crippen LogP contribution >= 0.6 is 39.1 Å². The predicted octanol–water partition coefficient (Wildman–Crippen LogP) is 4.84. The van der Waals surface area contributed by atoms with Crippen molar-refractivity contribution in [3.63, 3.8) is 0 Å². The summed E-state index contributed by atoms with van der Waals surface area (Å²) in [6, 6.07) is 12.6. The van der Waals surface area contributed by atoms with Crippen molar-refractivity contribution in [1.82, 2.24) is 0 Å². The molecule has 0 saturated heterocycles. The normalized spacial score (nSPS) is 12.5. The summed E-state index contributed by atoms with van der Waals surface area (Å²) < 4.78 is 0.957. The summed E-state index contributed by atoms with van der Waals surface area (Å²) in [5.41, 5.74) is 1.29. The van der Waals surface area contributed by atoms with Gasteiger partial charge in [-0.1, -0.05) is 57.3 Å². The molecule has 0 aliphatic carbocycles. The van der Waals surface area contributed by atoms with Crippen LogP contribution in [0.1, 0.15) is 17.2 Å². The zero-order chi connectivity index (χ0) is 12.4. The summed E-state index contributed by atoms with van der Waals surface area (Å²) in [7, 11) is 0. The summed E-state index contributed by atoms with van der Waals surface area (Å²) in [5.74, 6) is 0. The molecular formula is C13H9BrCl2O. The van der Waals surface area contributed by atoms with E-state index >= 15 is 0 Å². The fourth-order valence-electron chi connectivity index (χ4n) is 1.58. The van der Waals surface area contributed by atoms with Gasteiger partial charge in [0, 0.05) is 20.1 Å². The Kier molecular flexibility index (Phi) is 4.10. The van der Waals surface area contributed by atoms with Crippen LogP contribution in [-0.2, 0) is 0 Å². The fraction of sp³-hybridized carbons (Fsp3) is 0.0769. The maximum absolute atomic E-state index is 10.3. The van der Waals surface area contributed by atoms with Crippen LogP contribution in [0.2, 0.25) is 10.0 Å². The van der Waals surface area contributed by atoms with E-state index in [4.69, 9.17) is 23.2 Å². The highest BCUT2D eigenvalue weighted by Crippen LogP contribution is 2.34. The largest absolute Gasteiger partial charge is 0.384 e. The lowest BCUT2D eigenvalue weighted by Crippen LogP contribution is -2.01. The Hall–Kier alpha value is -0.540. The highest BCUT2D eigenvalue weighted by molar-refractivity contribution is 9.10. The maximum Gasteiger partial charge on any atom is 0.107 e. The Bertz CT molecular complexity index is 505. The Morgan fingerprint density at radius 3 is 2.00 bits per heavy atom. The molecule has 0 aliphatic rings. The van der Waals surface area contributed by atoms with Gasteiger partial charge in [-0.15, -0.1) is 0 Å². The molecule has 1 atom stereocenters. The lowest BCUT2D eigenvalue weighted by Gasteiger charge is -2.14. The monoisotopic (exact) mass is 330 g/mol. The van der Waals surface area contributed by atoms with Crippen molar-refractivity contribution in [2.75, 3.05) is 0 Å². The Morgan fingerprint density at radius 2 is 1.47 bits per heavy atom. The van der Waals surface area contributed by atoms with E-state index in [1.807, 2.05) is 24.3 Å². The molecule has 2 rings (SSSR count). The van der Waals surface area contributed by atoms with Crippen LogP contribution in [0.5, 0.6) is 0 Å². The summed E-state index contributed by atoms with van der Waals surface area (Å²) >= 11 is 15.4. The quantitative estimate of drug-likeness (QED) is 0.835. The number of hydrogen-bond donors (Lipinski definition) is 1. The zero-order valence-electron chi connectivity index (χ0n) is 8.70. The Labute approximate surface area is 118 Å². The molecule has 0 fully saturated rings. The van der Waals surface area contributed by atoms with Gasteiger partial charge >= 0.3 is 0 Å². The number of aliphatic hydroxyl groups is 1. The third kappa shape index (κ3) is 2.83. The minimum Gasteiger partial charge on any atom is -0.384 e. The molecule has 88 valence electrons. The topological polar surface area (TPSA) is 20.2 Å². The van der Waals surface area contributed by atoms with Crippen LogP contribution in [0.25, 0.3) is 0 Å². The van der Waals surface area contributed by atoms with Crippen molar-refractivity contribution in [2.24, 2.45) is 0 Å². The number of hydrogen-bond acceptors (Lipinski definition) is 1. The van der Waals surface area contributed by atoms with Gasteiger partial charge in [-0.05, 0) is 29.8 Å². The summed E-state index contributed by atoms with van der Waals surface area (Å²) in [5, 5.41) is 11.2. The molecule has 2 aromatic carbocycles. The highest BCUT2D eigenvalue weighted by atomic mass is 79.9. The Morgan fingerprint density at radius 1 is 0.941 bits per heavy atom. The summed E-state index contributed by atoms with van der Waals surface area (Å²) in [6.45, 7) is 0. The first-order valence-corrected chi connectivity index (χ1v) is 6.52. The molecule has 0 aliphatic heterocycles. The van der Waals surface area contributed by atoms with Crippen LogP contribution in [0.15, 0.2) is 46.9 Å². The molecule has 2 aromatic rings. The second-order valence-electron chi connectivity index (χ2n) is 3.59.